The molecule has 0 spiro atoms. The average Bonchev–Trinajstić information content (AvgIpc) is 2.05. The van der Waals surface area contributed by atoms with Crippen LogP contribution in [0.4, 0.5) is 0 Å². The topological polar surface area (TPSA) is 316 Å². The maximum absolute atomic E-state index is 10.9. The van der Waals surface area contributed by atoms with E-state index in [1.165, 1.54) is 0 Å². The van der Waals surface area contributed by atoms with Crippen LogP contribution in [-0.2, 0) is 39.9 Å². The fourth-order valence-corrected chi connectivity index (χ4v) is 5.60. The first-order chi connectivity index (χ1) is 8.51. The molecule has 0 rings (SSSR count). The fraction of sp³-hybridized carbons (Fsp3) is 0.500. The third-order valence-corrected chi connectivity index (χ3v) is 6.95. The van der Waals surface area contributed by atoms with Crippen molar-refractivity contribution in [2.45, 2.75) is 9.33 Å². The van der Waals surface area contributed by atoms with Crippen LogP contribution in [0.2, 0.25) is 0 Å². The molecule has 15 nitrogen and oxygen atoms in total. The predicted octanol–water partition coefficient (Wildman–Crippen LogP) is -5.03. The molecule has 0 aliphatic carbocycles. The second-order valence-electron chi connectivity index (χ2n) is 3.12. The zero-order valence-electron chi connectivity index (χ0n) is 10.7. The largest absolute Gasteiger partial charge is 0.549 e. The van der Waals surface area contributed by atoms with Crippen LogP contribution < -0.4 is 22.5 Å². The molecule has 11 N–H and O–H groups in total. The molecule has 18 heteroatoms. The zero-order valence-corrected chi connectivity index (χ0v) is 13.2. The van der Waals surface area contributed by atoms with Gasteiger partial charge in [-0.25, -0.2) is 0 Å². The lowest BCUT2D eigenvalue weighted by molar-refractivity contribution is -0.315. The maximum Gasteiger partial charge on any atom is 0.295 e. The molecule has 134 valence electrons. The van der Waals surface area contributed by atoms with Gasteiger partial charge in [-0.2, -0.15) is 25.3 Å². The third kappa shape index (κ3) is 3.86. The second-order valence-corrected chi connectivity index (χ2v) is 8.07. The van der Waals surface area contributed by atoms with Crippen LogP contribution in [0, 0.1) is 0 Å². The van der Waals surface area contributed by atoms with E-state index in [2.05, 4.69) is 0 Å². The fourth-order valence-electron chi connectivity index (χ4n) is 1.19. The number of hydrogen-bond acceptors (Lipinski definition) is 10. The number of carbonyl (C=O) groups excluding carboxylic acids is 2. The van der Waals surface area contributed by atoms with Crippen molar-refractivity contribution < 1.29 is 58.7 Å². The van der Waals surface area contributed by atoms with Crippen LogP contribution in [0.1, 0.15) is 0 Å². The van der Waals surface area contributed by atoms with Crippen molar-refractivity contribution in [3.05, 3.63) is 0 Å². The summed E-state index contributed by atoms with van der Waals surface area (Å²) in [7, 11) is -19.6. The van der Waals surface area contributed by atoms with Crippen LogP contribution in [0.25, 0.3) is 0 Å². The van der Waals surface area contributed by atoms with E-state index in [0.717, 1.165) is 0 Å². The number of carboxylic acids is 2. The van der Waals surface area contributed by atoms with Gasteiger partial charge in [0, 0.05) is 0 Å². The van der Waals surface area contributed by atoms with Gasteiger partial charge in [0.15, 0.2) is 5.25 Å². The van der Waals surface area contributed by atoms with E-state index in [-0.39, 0.29) is 12.3 Å². The molecule has 1 atom stereocenters. The molecule has 0 saturated carbocycles. The molecule has 0 aliphatic heterocycles. The molecular weight excluding hydrogens is 380 g/mol. The van der Waals surface area contributed by atoms with Gasteiger partial charge in [0.1, 0.15) is 0 Å². The van der Waals surface area contributed by atoms with Gasteiger partial charge in [-0.1, -0.05) is 0 Å². The Balaban J connectivity index is -0.00000180. The lowest BCUT2D eigenvalue weighted by Crippen LogP contribution is -2.70. The molecule has 0 bridgehead atoms. The molecule has 0 amide bonds. The van der Waals surface area contributed by atoms with Crippen molar-refractivity contribution >= 4 is 42.3 Å². The minimum Gasteiger partial charge on any atom is -0.549 e. The molecule has 1 unspecified atom stereocenters. The number of carbonyl (C=O) groups is 2. The summed E-state index contributed by atoms with van der Waals surface area (Å²) < 4.78 is 85.1. The average molecular weight is 392 g/mol. The summed E-state index contributed by atoms with van der Waals surface area (Å²) in [6, 6.07) is 0. The molecule has 0 radical (unpaired) electrons. The molecule has 0 aromatic rings. The van der Waals surface area contributed by atoms with E-state index in [1.807, 2.05) is 0 Å². The number of carboxylic acid groups (broad SMARTS) is 2. The van der Waals surface area contributed by atoms with Crippen molar-refractivity contribution in [1.29, 1.82) is 0 Å². The Labute approximate surface area is 123 Å². The van der Waals surface area contributed by atoms with Gasteiger partial charge in [0.2, 0.25) is 0 Å². The highest BCUT2D eigenvalue weighted by Crippen LogP contribution is 2.31. The second kappa shape index (κ2) is 6.78. The highest BCUT2D eigenvalue weighted by molar-refractivity contribution is 8.08. The smallest absolute Gasteiger partial charge is 0.295 e. The SMILES string of the molecule is O=C([O-])C(C(C(=O)[O-])(S(=O)(=O)O)S(=O)(=O)O)S(=O)(=O)O.[NH4+].[NH4+]. The van der Waals surface area contributed by atoms with Gasteiger partial charge in [-0.15, -0.1) is 0 Å². The summed E-state index contributed by atoms with van der Waals surface area (Å²) in [4.78, 5) is 21.1. The lowest BCUT2D eigenvalue weighted by atomic mass is 10.3. The van der Waals surface area contributed by atoms with Crippen molar-refractivity contribution in [1.82, 2.24) is 12.3 Å². The Morgan fingerprint density at radius 1 is 0.818 bits per heavy atom. The first-order valence-corrected chi connectivity index (χ1v) is 8.22. The van der Waals surface area contributed by atoms with Crippen LogP contribution in [0.3, 0.4) is 0 Å². The molecule has 0 fully saturated rings. The summed E-state index contributed by atoms with van der Waals surface area (Å²) in [6.07, 6.45) is 0. The van der Waals surface area contributed by atoms with Crippen molar-refractivity contribution in [2.24, 2.45) is 0 Å². The van der Waals surface area contributed by atoms with Crippen molar-refractivity contribution in [3.63, 3.8) is 0 Å². The highest BCUT2D eigenvalue weighted by Gasteiger charge is 2.67. The minimum absolute atomic E-state index is 0. The summed E-state index contributed by atoms with van der Waals surface area (Å²) in [6.45, 7) is 0. The van der Waals surface area contributed by atoms with Crippen molar-refractivity contribution in [2.75, 3.05) is 0 Å². The molecule has 0 aromatic heterocycles. The van der Waals surface area contributed by atoms with Crippen LogP contribution in [0.5, 0.6) is 0 Å². The molecular formula is C4H12N2O13S3. The molecule has 0 aromatic carbocycles. The number of aliphatic carboxylic acids is 2. The van der Waals surface area contributed by atoms with Gasteiger partial charge in [-0.05, 0) is 0 Å². The van der Waals surface area contributed by atoms with Crippen LogP contribution in [-0.4, -0.2) is 60.2 Å². The Morgan fingerprint density at radius 3 is 1.14 bits per heavy atom. The van der Waals surface area contributed by atoms with E-state index >= 15 is 0 Å². The quantitative estimate of drug-likeness (QED) is 0.264. The van der Waals surface area contributed by atoms with Crippen molar-refractivity contribution in [3.8, 4) is 0 Å². The molecule has 0 heterocycles. The van der Waals surface area contributed by atoms with Crippen LogP contribution >= 0.6 is 0 Å². The lowest BCUT2D eigenvalue weighted by Gasteiger charge is -2.33. The number of rotatable bonds is 6. The Kier molecular flexibility index (Phi) is 7.88. The standard InChI is InChI=1S/C4H6O13S3.2H3N/c5-2(6)1(18(9,10)11)4(3(7)8,19(12,13)14)20(15,16)17;;/h1H,(H,5,6)(H,7,8)(H,9,10,11)(H,12,13,14)(H,15,16,17);2*1H3. The number of hydrogen-bond donors (Lipinski definition) is 5. The first-order valence-electron chi connectivity index (χ1n) is 3.84. The third-order valence-electron chi connectivity index (χ3n) is 1.91. The predicted molar refractivity (Wildman–Crippen MR) is 63.1 cm³/mol. The monoisotopic (exact) mass is 392 g/mol. The minimum atomic E-state index is -6.67. The summed E-state index contributed by atoms with van der Waals surface area (Å²) in [5, 5.41) is 16.8. The van der Waals surface area contributed by atoms with E-state index in [4.69, 9.17) is 13.7 Å². The zero-order chi connectivity index (χ0) is 16.7. The Hall–Kier alpha value is -1.41. The van der Waals surface area contributed by atoms with Gasteiger partial charge in [-0.3, -0.25) is 13.7 Å². The van der Waals surface area contributed by atoms with E-state index in [1.54, 1.807) is 0 Å². The molecule has 0 aliphatic rings. The Bertz CT molecular complexity index is 713. The first kappa shape index (κ1) is 25.5. The van der Waals surface area contributed by atoms with Crippen LogP contribution in [0.15, 0.2) is 0 Å². The van der Waals surface area contributed by atoms with Gasteiger partial charge in [0.05, 0.1) is 11.9 Å². The van der Waals surface area contributed by atoms with E-state index in [0.29, 0.717) is 0 Å². The highest BCUT2D eigenvalue weighted by atomic mass is 32.3. The van der Waals surface area contributed by atoms with Gasteiger partial charge >= 0.3 is 0 Å². The van der Waals surface area contributed by atoms with E-state index < -0.39 is 51.6 Å². The summed E-state index contributed by atoms with van der Waals surface area (Å²) in [5.41, 5.74) is 0. The summed E-state index contributed by atoms with van der Waals surface area (Å²) in [5.74, 6) is -6.80. The van der Waals surface area contributed by atoms with Gasteiger partial charge in [0.25, 0.3) is 34.4 Å². The number of quaternary nitrogens is 2. The maximum atomic E-state index is 10.9. The summed E-state index contributed by atoms with van der Waals surface area (Å²) >= 11 is 0. The molecule has 22 heavy (non-hydrogen) atoms. The Morgan fingerprint density at radius 2 is 1.09 bits per heavy atom. The molecule has 0 saturated heterocycles. The van der Waals surface area contributed by atoms with E-state index in [9.17, 15) is 45.1 Å². The normalized spacial score (nSPS) is 14.1. The van der Waals surface area contributed by atoms with Gasteiger partial charge < -0.3 is 32.1 Å².